The van der Waals surface area contributed by atoms with Gasteiger partial charge in [-0.3, -0.25) is 4.79 Å². The van der Waals surface area contributed by atoms with Gasteiger partial charge in [0.05, 0.1) is 12.2 Å². The van der Waals surface area contributed by atoms with Crippen LogP contribution in [0.3, 0.4) is 0 Å². The van der Waals surface area contributed by atoms with Crippen molar-refractivity contribution < 1.29 is 14.6 Å². The average Bonchev–Trinajstić information content (AvgIpc) is 2.86. The molecule has 18 heavy (non-hydrogen) atoms. The largest absolute Gasteiger partial charge is 0.507 e. The third-order valence-corrected chi connectivity index (χ3v) is 3.51. The van der Waals surface area contributed by atoms with Crippen LogP contribution in [0.5, 0.6) is 5.75 Å². The van der Waals surface area contributed by atoms with Gasteiger partial charge in [-0.05, 0) is 31.9 Å². The third kappa shape index (κ3) is 2.64. The maximum Gasteiger partial charge on any atom is 0.255 e. The zero-order valence-electron chi connectivity index (χ0n) is 10.8. The number of carbonyl (C=O) groups is 1. The second-order valence-corrected chi connectivity index (χ2v) is 4.86. The zero-order chi connectivity index (χ0) is 13.1. The number of aryl methyl sites for hydroxylation is 1. The van der Waals surface area contributed by atoms with E-state index in [2.05, 4.69) is 5.32 Å². The van der Waals surface area contributed by atoms with E-state index in [1.54, 1.807) is 25.1 Å². The second-order valence-electron chi connectivity index (χ2n) is 4.86. The number of amides is 1. The van der Waals surface area contributed by atoms with Crippen LogP contribution in [0.4, 0.5) is 0 Å². The smallest absolute Gasteiger partial charge is 0.255 e. The summed E-state index contributed by atoms with van der Waals surface area (Å²) in [6.07, 6.45) is 0.973. The minimum atomic E-state index is -0.226. The first kappa shape index (κ1) is 12.9. The number of phenolic OH excluding ortho intramolecular Hbond substituents is 1. The summed E-state index contributed by atoms with van der Waals surface area (Å²) in [6, 6.07) is 5.24. The fourth-order valence-corrected chi connectivity index (χ4v) is 2.19. The molecule has 1 amide bonds. The first-order valence-corrected chi connectivity index (χ1v) is 6.26. The van der Waals surface area contributed by atoms with Crippen LogP contribution in [0.25, 0.3) is 0 Å². The monoisotopic (exact) mass is 249 g/mol. The normalized spacial score (nSPS) is 20.7. The van der Waals surface area contributed by atoms with Gasteiger partial charge in [0.15, 0.2) is 0 Å². The highest BCUT2D eigenvalue weighted by atomic mass is 16.5. The van der Waals surface area contributed by atoms with Crippen molar-refractivity contribution in [3.05, 3.63) is 29.3 Å². The van der Waals surface area contributed by atoms with Crippen LogP contribution < -0.4 is 5.32 Å². The Kier molecular flexibility index (Phi) is 3.87. The van der Waals surface area contributed by atoms with E-state index in [1.165, 1.54) is 0 Å². The van der Waals surface area contributed by atoms with E-state index in [1.807, 2.05) is 6.92 Å². The van der Waals surface area contributed by atoms with Gasteiger partial charge in [0.1, 0.15) is 5.75 Å². The lowest BCUT2D eigenvalue weighted by atomic mass is 10.00. The van der Waals surface area contributed by atoms with Crippen molar-refractivity contribution in [2.24, 2.45) is 5.92 Å². The number of nitrogens with one attached hydrogen (secondary N) is 1. The molecule has 2 atom stereocenters. The summed E-state index contributed by atoms with van der Waals surface area (Å²) in [6.45, 7) is 5.21. The number of hydrogen-bond donors (Lipinski definition) is 2. The molecule has 98 valence electrons. The lowest BCUT2D eigenvalue weighted by Gasteiger charge is -2.19. The van der Waals surface area contributed by atoms with E-state index in [-0.39, 0.29) is 17.7 Å². The number of rotatable bonds is 3. The fourth-order valence-electron chi connectivity index (χ4n) is 2.19. The molecule has 1 fully saturated rings. The molecular weight excluding hydrogens is 230 g/mol. The minimum absolute atomic E-state index is 0.0555. The first-order valence-electron chi connectivity index (χ1n) is 6.26. The standard InChI is InChI=1S/C14H19NO3/c1-9-4-3-5-12(13(9)16)14(17)15-10(2)11-6-7-18-8-11/h3-5,10-11,16H,6-8H2,1-2H3,(H,15,17). The summed E-state index contributed by atoms with van der Waals surface area (Å²) >= 11 is 0. The molecule has 0 bridgehead atoms. The van der Waals surface area contributed by atoms with Gasteiger partial charge in [0.2, 0.25) is 0 Å². The molecule has 1 aliphatic rings. The molecule has 1 heterocycles. The number of para-hydroxylation sites is 1. The lowest BCUT2D eigenvalue weighted by molar-refractivity contribution is 0.0919. The lowest BCUT2D eigenvalue weighted by Crippen LogP contribution is -2.38. The number of phenols is 1. The molecule has 0 spiro atoms. The maximum absolute atomic E-state index is 12.1. The number of benzene rings is 1. The van der Waals surface area contributed by atoms with Crippen LogP contribution in [0.2, 0.25) is 0 Å². The Morgan fingerprint density at radius 2 is 2.33 bits per heavy atom. The molecule has 4 heteroatoms. The van der Waals surface area contributed by atoms with Crippen molar-refractivity contribution in [2.75, 3.05) is 13.2 Å². The summed E-state index contributed by atoms with van der Waals surface area (Å²) in [5.41, 5.74) is 1.04. The Morgan fingerprint density at radius 1 is 1.56 bits per heavy atom. The van der Waals surface area contributed by atoms with Crippen molar-refractivity contribution in [3.8, 4) is 5.75 Å². The summed E-state index contributed by atoms with van der Waals surface area (Å²) in [5.74, 6) is 0.196. The Bertz CT molecular complexity index is 439. The van der Waals surface area contributed by atoms with E-state index in [0.29, 0.717) is 23.7 Å². The first-order chi connectivity index (χ1) is 8.59. The Balaban J connectivity index is 2.05. The average molecular weight is 249 g/mol. The van der Waals surface area contributed by atoms with Gasteiger partial charge in [0, 0.05) is 18.6 Å². The topological polar surface area (TPSA) is 58.6 Å². The molecule has 1 aliphatic heterocycles. The van der Waals surface area contributed by atoms with Gasteiger partial charge in [-0.1, -0.05) is 12.1 Å². The summed E-state index contributed by atoms with van der Waals surface area (Å²) in [4.78, 5) is 12.1. The molecule has 4 nitrogen and oxygen atoms in total. The van der Waals surface area contributed by atoms with E-state index in [0.717, 1.165) is 13.0 Å². The molecule has 1 aromatic carbocycles. The van der Waals surface area contributed by atoms with Crippen molar-refractivity contribution >= 4 is 5.91 Å². The van der Waals surface area contributed by atoms with Crippen molar-refractivity contribution in [2.45, 2.75) is 26.3 Å². The molecule has 2 N–H and O–H groups in total. The van der Waals surface area contributed by atoms with Gasteiger partial charge in [0.25, 0.3) is 5.91 Å². The van der Waals surface area contributed by atoms with Crippen LogP contribution in [0, 0.1) is 12.8 Å². The predicted molar refractivity (Wildman–Crippen MR) is 68.7 cm³/mol. The summed E-state index contributed by atoms with van der Waals surface area (Å²) < 4.78 is 5.31. The molecule has 1 aromatic rings. The van der Waals surface area contributed by atoms with Gasteiger partial charge in [-0.15, -0.1) is 0 Å². The van der Waals surface area contributed by atoms with Crippen LogP contribution in [0.1, 0.15) is 29.3 Å². The van der Waals surface area contributed by atoms with Gasteiger partial charge in [-0.2, -0.15) is 0 Å². The summed E-state index contributed by atoms with van der Waals surface area (Å²) in [7, 11) is 0. The van der Waals surface area contributed by atoms with Crippen LogP contribution in [-0.2, 0) is 4.74 Å². The van der Waals surface area contributed by atoms with Crippen molar-refractivity contribution in [1.29, 1.82) is 0 Å². The van der Waals surface area contributed by atoms with Gasteiger partial charge >= 0.3 is 0 Å². The Morgan fingerprint density at radius 3 is 3.00 bits per heavy atom. The Hall–Kier alpha value is -1.55. The molecule has 0 saturated carbocycles. The highest BCUT2D eigenvalue weighted by Gasteiger charge is 2.24. The number of carbonyl (C=O) groups excluding carboxylic acids is 1. The van der Waals surface area contributed by atoms with E-state index >= 15 is 0 Å². The van der Waals surface area contributed by atoms with Gasteiger partial charge < -0.3 is 15.2 Å². The van der Waals surface area contributed by atoms with Crippen molar-refractivity contribution in [1.82, 2.24) is 5.32 Å². The number of ether oxygens (including phenoxy) is 1. The van der Waals surface area contributed by atoms with Crippen LogP contribution in [-0.4, -0.2) is 30.3 Å². The maximum atomic E-state index is 12.1. The molecule has 0 aliphatic carbocycles. The van der Waals surface area contributed by atoms with Crippen molar-refractivity contribution in [3.63, 3.8) is 0 Å². The SMILES string of the molecule is Cc1cccc(C(=O)NC(C)C2CCOC2)c1O. The highest BCUT2D eigenvalue weighted by molar-refractivity contribution is 5.97. The van der Waals surface area contributed by atoms with E-state index < -0.39 is 0 Å². The molecular formula is C14H19NO3. The summed E-state index contributed by atoms with van der Waals surface area (Å²) in [5, 5.41) is 12.8. The number of aromatic hydroxyl groups is 1. The highest BCUT2D eigenvalue weighted by Crippen LogP contribution is 2.22. The van der Waals surface area contributed by atoms with Crippen LogP contribution >= 0.6 is 0 Å². The number of hydrogen-bond acceptors (Lipinski definition) is 3. The zero-order valence-corrected chi connectivity index (χ0v) is 10.8. The van der Waals surface area contributed by atoms with E-state index in [9.17, 15) is 9.90 Å². The minimum Gasteiger partial charge on any atom is -0.507 e. The third-order valence-electron chi connectivity index (χ3n) is 3.51. The predicted octanol–water partition coefficient (Wildman–Crippen LogP) is 1.86. The van der Waals surface area contributed by atoms with Crippen LogP contribution in [0.15, 0.2) is 18.2 Å². The molecule has 0 aromatic heterocycles. The molecule has 1 saturated heterocycles. The molecule has 0 radical (unpaired) electrons. The quantitative estimate of drug-likeness (QED) is 0.859. The molecule has 2 rings (SSSR count). The second kappa shape index (κ2) is 5.40. The van der Waals surface area contributed by atoms with Gasteiger partial charge in [-0.25, -0.2) is 0 Å². The molecule has 2 unspecified atom stereocenters. The Labute approximate surface area is 107 Å². The fraction of sp³-hybridized carbons (Fsp3) is 0.500. The van der Waals surface area contributed by atoms with E-state index in [4.69, 9.17) is 4.74 Å².